The number of aromatic amines is 1. The first-order chi connectivity index (χ1) is 12.6. The summed E-state index contributed by atoms with van der Waals surface area (Å²) in [6.07, 6.45) is 3.07. The highest BCUT2D eigenvalue weighted by molar-refractivity contribution is 5.83. The SMILES string of the molecule is CC(C)N(CCc1c[nH]c2ccccc12)Cc1cccc(CO)c1CO. The molecule has 0 saturated carbocycles. The average molecular weight is 352 g/mol. The number of aliphatic hydroxyl groups excluding tert-OH is 2. The monoisotopic (exact) mass is 352 g/mol. The predicted molar refractivity (Wildman–Crippen MR) is 106 cm³/mol. The zero-order chi connectivity index (χ0) is 18.5. The van der Waals surface area contributed by atoms with Crippen LogP contribution in [-0.4, -0.2) is 32.7 Å². The van der Waals surface area contributed by atoms with E-state index in [1.807, 2.05) is 24.3 Å². The Hall–Kier alpha value is -2.14. The summed E-state index contributed by atoms with van der Waals surface area (Å²) >= 11 is 0. The fourth-order valence-electron chi connectivity index (χ4n) is 3.53. The second kappa shape index (κ2) is 8.49. The Bertz CT molecular complexity index is 854. The number of fused-ring (bicyclic) bond motifs is 1. The van der Waals surface area contributed by atoms with Gasteiger partial charge >= 0.3 is 0 Å². The molecule has 0 aliphatic heterocycles. The number of H-pyrrole nitrogens is 1. The van der Waals surface area contributed by atoms with Crippen molar-refractivity contribution >= 4 is 10.9 Å². The van der Waals surface area contributed by atoms with E-state index in [-0.39, 0.29) is 13.2 Å². The van der Waals surface area contributed by atoms with Gasteiger partial charge in [-0.15, -0.1) is 0 Å². The van der Waals surface area contributed by atoms with Gasteiger partial charge in [-0.2, -0.15) is 0 Å². The minimum absolute atomic E-state index is 0.0409. The molecular weight excluding hydrogens is 324 g/mol. The molecule has 4 nitrogen and oxygen atoms in total. The second-order valence-electron chi connectivity index (χ2n) is 7.04. The summed E-state index contributed by atoms with van der Waals surface area (Å²) in [5.74, 6) is 0. The first kappa shape index (κ1) is 18.6. The number of nitrogens with zero attached hydrogens (tertiary/aromatic N) is 1. The lowest BCUT2D eigenvalue weighted by Crippen LogP contribution is -2.32. The maximum atomic E-state index is 9.75. The van der Waals surface area contributed by atoms with E-state index < -0.39 is 0 Å². The van der Waals surface area contributed by atoms with Crippen molar-refractivity contribution in [2.75, 3.05) is 6.54 Å². The highest BCUT2D eigenvalue weighted by atomic mass is 16.3. The third kappa shape index (κ3) is 3.98. The molecule has 0 unspecified atom stereocenters. The molecule has 0 radical (unpaired) electrons. The highest BCUT2D eigenvalue weighted by Gasteiger charge is 2.15. The Morgan fingerprint density at radius 3 is 2.42 bits per heavy atom. The van der Waals surface area contributed by atoms with Crippen LogP contribution in [0.1, 0.15) is 36.1 Å². The molecule has 2 aromatic carbocycles. The highest BCUT2D eigenvalue weighted by Crippen LogP contribution is 2.21. The number of hydrogen-bond donors (Lipinski definition) is 3. The fourth-order valence-corrected chi connectivity index (χ4v) is 3.53. The fraction of sp³-hybridized carbons (Fsp3) is 0.364. The largest absolute Gasteiger partial charge is 0.392 e. The van der Waals surface area contributed by atoms with E-state index in [0.717, 1.165) is 36.2 Å². The van der Waals surface area contributed by atoms with E-state index in [9.17, 15) is 10.2 Å². The van der Waals surface area contributed by atoms with Crippen LogP contribution in [0.4, 0.5) is 0 Å². The maximum Gasteiger partial charge on any atom is 0.0688 e. The van der Waals surface area contributed by atoms with E-state index in [1.54, 1.807) is 0 Å². The van der Waals surface area contributed by atoms with Crippen molar-refractivity contribution in [3.8, 4) is 0 Å². The van der Waals surface area contributed by atoms with Gasteiger partial charge in [0, 0.05) is 36.2 Å². The number of rotatable bonds is 8. The molecule has 0 bridgehead atoms. The van der Waals surface area contributed by atoms with Crippen molar-refractivity contribution in [1.29, 1.82) is 0 Å². The Kier molecular flexibility index (Phi) is 6.09. The van der Waals surface area contributed by atoms with Crippen molar-refractivity contribution < 1.29 is 10.2 Å². The molecule has 0 aliphatic carbocycles. The van der Waals surface area contributed by atoms with Crippen molar-refractivity contribution in [2.24, 2.45) is 0 Å². The van der Waals surface area contributed by atoms with Crippen LogP contribution in [0.5, 0.6) is 0 Å². The average Bonchev–Trinajstić information content (AvgIpc) is 3.07. The molecule has 0 atom stereocenters. The summed E-state index contributed by atoms with van der Waals surface area (Å²) in [6.45, 7) is 6.02. The van der Waals surface area contributed by atoms with E-state index in [2.05, 4.69) is 48.1 Å². The van der Waals surface area contributed by atoms with Gasteiger partial charge in [0.25, 0.3) is 0 Å². The van der Waals surface area contributed by atoms with Crippen molar-refractivity contribution in [3.63, 3.8) is 0 Å². The van der Waals surface area contributed by atoms with Crippen LogP contribution in [0.15, 0.2) is 48.7 Å². The third-order valence-electron chi connectivity index (χ3n) is 5.15. The molecule has 0 fully saturated rings. The molecular formula is C22H28N2O2. The molecule has 1 heterocycles. The minimum Gasteiger partial charge on any atom is -0.392 e. The summed E-state index contributed by atoms with van der Waals surface area (Å²) in [5.41, 5.74) is 5.26. The summed E-state index contributed by atoms with van der Waals surface area (Å²) in [7, 11) is 0. The summed E-state index contributed by atoms with van der Waals surface area (Å²) in [4.78, 5) is 5.76. The molecule has 0 aliphatic rings. The summed E-state index contributed by atoms with van der Waals surface area (Å²) < 4.78 is 0. The lowest BCUT2D eigenvalue weighted by Gasteiger charge is -2.28. The van der Waals surface area contributed by atoms with E-state index in [1.165, 1.54) is 16.5 Å². The first-order valence-electron chi connectivity index (χ1n) is 9.24. The van der Waals surface area contributed by atoms with Crippen LogP contribution in [0.3, 0.4) is 0 Å². The van der Waals surface area contributed by atoms with E-state index >= 15 is 0 Å². The van der Waals surface area contributed by atoms with Crippen LogP contribution in [0.2, 0.25) is 0 Å². The number of para-hydroxylation sites is 1. The van der Waals surface area contributed by atoms with E-state index in [4.69, 9.17) is 0 Å². The van der Waals surface area contributed by atoms with Crippen LogP contribution in [-0.2, 0) is 26.2 Å². The maximum absolute atomic E-state index is 9.75. The molecule has 26 heavy (non-hydrogen) atoms. The number of aliphatic hydroxyl groups is 2. The van der Waals surface area contributed by atoms with Gasteiger partial charge in [-0.05, 0) is 48.6 Å². The van der Waals surface area contributed by atoms with Gasteiger partial charge in [0.2, 0.25) is 0 Å². The number of benzene rings is 2. The molecule has 0 amide bonds. The zero-order valence-electron chi connectivity index (χ0n) is 15.6. The third-order valence-corrected chi connectivity index (χ3v) is 5.15. The normalized spacial score (nSPS) is 11.8. The molecule has 4 heteroatoms. The van der Waals surface area contributed by atoms with Crippen LogP contribution < -0.4 is 0 Å². The Morgan fingerprint density at radius 2 is 1.69 bits per heavy atom. The molecule has 1 aromatic heterocycles. The Morgan fingerprint density at radius 1 is 0.923 bits per heavy atom. The first-order valence-corrected chi connectivity index (χ1v) is 9.24. The van der Waals surface area contributed by atoms with Gasteiger partial charge in [0.05, 0.1) is 13.2 Å². The molecule has 3 rings (SSSR count). The second-order valence-corrected chi connectivity index (χ2v) is 7.04. The lowest BCUT2D eigenvalue weighted by molar-refractivity contribution is 0.210. The van der Waals surface area contributed by atoms with Crippen LogP contribution >= 0.6 is 0 Å². The Balaban J connectivity index is 1.76. The summed E-state index contributed by atoms with van der Waals surface area (Å²) in [5, 5.41) is 20.6. The van der Waals surface area contributed by atoms with Crippen LogP contribution in [0.25, 0.3) is 10.9 Å². The quantitative estimate of drug-likeness (QED) is 0.580. The van der Waals surface area contributed by atoms with Crippen LogP contribution in [0, 0.1) is 0 Å². The predicted octanol–water partition coefficient (Wildman–Crippen LogP) is 3.61. The molecule has 0 spiro atoms. The standard InChI is InChI=1S/C22H28N2O2/c1-16(2)24(13-18-6-5-7-19(14-25)21(18)15-26)11-10-17-12-23-22-9-4-3-8-20(17)22/h3-9,12,16,23,25-26H,10-11,13-15H2,1-2H3. The smallest absolute Gasteiger partial charge is 0.0688 e. The topological polar surface area (TPSA) is 59.5 Å². The number of nitrogens with one attached hydrogen (secondary N) is 1. The van der Waals surface area contributed by atoms with Crippen molar-refractivity contribution in [2.45, 2.75) is 46.1 Å². The van der Waals surface area contributed by atoms with Gasteiger partial charge < -0.3 is 15.2 Å². The van der Waals surface area contributed by atoms with Crippen molar-refractivity contribution in [3.05, 3.63) is 70.9 Å². The molecule has 138 valence electrons. The molecule has 3 aromatic rings. The Labute approximate surface area is 155 Å². The lowest BCUT2D eigenvalue weighted by atomic mass is 10.0. The number of hydrogen-bond acceptors (Lipinski definition) is 3. The minimum atomic E-state index is -0.0412. The van der Waals surface area contributed by atoms with Gasteiger partial charge in [-0.25, -0.2) is 0 Å². The zero-order valence-corrected chi connectivity index (χ0v) is 15.6. The number of aromatic nitrogens is 1. The molecule has 3 N–H and O–H groups in total. The molecule has 0 saturated heterocycles. The summed E-state index contributed by atoms with van der Waals surface area (Å²) in [6, 6.07) is 14.7. The van der Waals surface area contributed by atoms with Gasteiger partial charge in [-0.3, -0.25) is 4.90 Å². The van der Waals surface area contributed by atoms with Crippen molar-refractivity contribution in [1.82, 2.24) is 9.88 Å². The van der Waals surface area contributed by atoms with Gasteiger partial charge in [0.1, 0.15) is 0 Å². The van der Waals surface area contributed by atoms with E-state index in [0.29, 0.717) is 6.04 Å². The van der Waals surface area contributed by atoms with Gasteiger partial charge in [-0.1, -0.05) is 36.4 Å². The van der Waals surface area contributed by atoms with Gasteiger partial charge in [0.15, 0.2) is 0 Å².